The minimum atomic E-state index is -0.634. The normalized spacial score (nSPS) is 30.5. The van der Waals surface area contributed by atoms with Crippen LogP contribution in [0.1, 0.15) is 56.7 Å². The molecular formula is C31H40N2O5. The Morgan fingerprint density at radius 3 is 2.68 bits per heavy atom. The van der Waals surface area contributed by atoms with E-state index >= 15 is 0 Å². The van der Waals surface area contributed by atoms with Crippen LogP contribution < -0.4 is 4.74 Å². The molecule has 38 heavy (non-hydrogen) atoms. The number of likely N-dealkylation sites (tertiary alicyclic amines) is 1. The minimum absolute atomic E-state index is 0.167. The average molecular weight is 521 g/mol. The highest BCUT2D eigenvalue weighted by atomic mass is 16.7. The summed E-state index contributed by atoms with van der Waals surface area (Å²) in [6.45, 7) is 6.67. The summed E-state index contributed by atoms with van der Waals surface area (Å²) in [5.74, 6) is 0.984. The van der Waals surface area contributed by atoms with Crippen LogP contribution in [0.25, 0.3) is 0 Å². The number of carbonyl (C=O) groups is 1. The lowest BCUT2D eigenvalue weighted by molar-refractivity contribution is -0.237. The summed E-state index contributed by atoms with van der Waals surface area (Å²) in [6.07, 6.45) is 4.05. The first-order chi connectivity index (χ1) is 18.1. The van der Waals surface area contributed by atoms with Gasteiger partial charge in [0.2, 0.25) is 0 Å². The molecule has 2 aromatic rings. The largest absolute Gasteiger partial charge is 0.504 e. The van der Waals surface area contributed by atoms with Gasteiger partial charge in [0.15, 0.2) is 11.5 Å². The van der Waals surface area contributed by atoms with Crippen molar-refractivity contribution in [2.75, 3.05) is 20.7 Å². The Labute approximate surface area is 225 Å². The lowest BCUT2D eigenvalue weighted by Gasteiger charge is -2.60. The Bertz CT molecular complexity index is 1210. The second-order valence-corrected chi connectivity index (χ2v) is 12.6. The van der Waals surface area contributed by atoms with Gasteiger partial charge in [0.05, 0.1) is 13.2 Å². The van der Waals surface area contributed by atoms with Gasteiger partial charge < -0.3 is 24.3 Å². The van der Waals surface area contributed by atoms with Crippen molar-refractivity contribution in [2.45, 2.75) is 88.1 Å². The number of ether oxygens (including phenoxy) is 2. The summed E-state index contributed by atoms with van der Waals surface area (Å²) in [5, 5.41) is 12.8. The third-order valence-electron chi connectivity index (χ3n) is 9.36. The van der Waals surface area contributed by atoms with E-state index in [2.05, 4.69) is 18.0 Å². The molecule has 2 heterocycles. The van der Waals surface area contributed by atoms with Crippen LogP contribution in [-0.4, -0.2) is 71.6 Å². The van der Waals surface area contributed by atoms with E-state index in [1.54, 1.807) is 13.2 Å². The molecule has 204 valence electrons. The van der Waals surface area contributed by atoms with Gasteiger partial charge in [-0.3, -0.25) is 4.79 Å². The number of hydroxylamine groups is 2. The number of phenols is 1. The van der Waals surface area contributed by atoms with Crippen LogP contribution in [0.4, 0.5) is 0 Å². The van der Waals surface area contributed by atoms with Gasteiger partial charge in [-0.05, 0) is 83.2 Å². The van der Waals surface area contributed by atoms with Gasteiger partial charge in [-0.2, -0.15) is 5.06 Å². The summed E-state index contributed by atoms with van der Waals surface area (Å²) in [6, 6.07) is 13.5. The summed E-state index contributed by atoms with van der Waals surface area (Å²) in [7, 11) is 3.88. The van der Waals surface area contributed by atoms with Gasteiger partial charge in [-0.1, -0.05) is 36.4 Å². The van der Waals surface area contributed by atoms with Crippen LogP contribution in [0.2, 0.25) is 0 Å². The number of rotatable bonds is 6. The summed E-state index contributed by atoms with van der Waals surface area (Å²) in [4.78, 5) is 22.3. The van der Waals surface area contributed by atoms with E-state index in [1.165, 1.54) is 11.1 Å². The van der Waals surface area contributed by atoms with Crippen molar-refractivity contribution in [1.82, 2.24) is 9.96 Å². The Morgan fingerprint density at radius 2 is 1.97 bits per heavy atom. The third-order valence-corrected chi connectivity index (χ3v) is 9.36. The molecule has 2 aliphatic heterocycles. The Balaban J connectivity index is 1.41. The molecule has 0 radical (unpaired) electrons. The molecule has 2 aromatic carbocycles. The number of phenolic OH excluding ortho intramolecular Hbond substituents is 1. The molecular weight excluding hydrogens is 480 g/mol. The van der Waals surface area contributed by atoms with E-state index in [-0.39, 0.29) is 29.3 Å². The van der Waals surface area contributed by atoms with E-state index in [4.69, 9.17) is 14.3 Å². The fourth-order valence-electron chi connectivity index (χ4n) is 7.95. The van der Waals surface area contributed by atoms with E-state index in [9.17, 15) is 9.90 Å². The molecule has 2 bridgehead atoms. The van der Waals surface area contributed by atoms with Crippen LogP contribution in [0.15, 0.2) is 42.5 Å². The predicted molar refractivity (Wildman–Crippen MR) is 144 cm³/mol. The van der Waals surface area contributed by atoms with Crippen molar-refractivity contribution in [3.63, 3.8) is 0 Å². The molecule has 1 saturated carbocycles. The molecule has 7 heteroatoms. The number of likely N-dealkylation sites (N-methyl/N-ethyl adjacent to an activating group) is 1. The Morgan fingerprint density at radius 1 is 1.21 bits per heavy atom. The van der Waals surface area contributed by atoms with Crippen LogP contribution in [0.5, 0.6) is 11.5 Å². The first kappa shape index (κ1) is 25.7. The topological polar surface area (TPSA) is 71.5 Å². The van der Waals surface area contributed by atoms with Crippen molar-refractivity contribution in [2.24, 2.45) is 5.92 Å². The van der Waals surface area contributed by atoms with Crippen LogP contribution in [0, 0.1) is 5.92 Å². The molecule has 0 unspecified atom stereocenters. The van der Waals surface area contributed by atoms with E-state index in [0.29, 0.717) is 24.1 Å². The molecule has 6 atom stereocenters. The maximum absolute atomic E-state index is 13.7. The highest BCUT2D eigenvalue weighted by Gasteiger charge is 2.66. The number of hydrogen-bond donors (Lipinski definition) is 1. The summed E-state index contributed by atoms with van der Waals surface area (Å²) in [5.41, 5.74) is 2.71. The van der Waals surface area contributed by atoms with Crippen molar-refractivity contribution in [3.8, 4) is 11.5 Å². The number of esters is 1. The smallest absolute Gasteiger partial charge is 0.326 e. The quantitative estimate of drug-likeness (QED) is 0.451. The molecule has 4 aliphatic rings. The summed E-state index contributed by atoms with van der Waals surface area (Å²) >= 11 is 0. The fraction of sp³-hybridized carbons (Fsp3) is 0.581. The van der Waals surface area contributed by atoms with Gasteiger partial charge in [0, 0.05) is 23.4 Å². The number of piperidine rings is 1. The monoisotopic (exact) mass is 520 g/mol. The highest BCUT2D eigenvalue weighted by Crippen LogP contribution is 2.64. The van der Waals surface area contributed by atoms with Crippen LogP contribution >= 0.6 is 0 Å². The van der Waals surface area contributed by atoms with E-state index in [0.717, 1.165) is 37.8 Å². The minimum Gasteiger partial charge on any atom is -0.504 e. The van der Waals surface area contributed by atoms with Gasteiger partial charge in [-0.15, -0.1) is 0 Å². The zero-order valence-corrected chi connectivity index (χ0v) is 23.1. The molecule has 0 amide bonds. The van der Waals surface area contributed by atoms with Crippen LogP contribution in [-0.2, 0) is 32.6 Å². The number of nitrogens with zero attached hydrogens (tertiary/aromatic N) is 2. The number of carbonyl (C=O) groups excluding carboxylic acids is 1. The number of hydrogen-bond acceptors (Lipinski definition) is 7. The fourth-order valence-corrected chi connectivity index (χ4v) is 7.95. The van der Waals surface area contributed by atoms with Gasteiger partial charge in [0.25, 0.3) is 0 Å². The van der Waals surface area contributed by atoms with Gasteiger partial charge in [0.1, 0.15) is 17.7 Å². The second-order valence-electron chi connectivity index (χ2n) is 12.6. The molecule has 1 spiro atoms. The predicted octanol–water partition coefficient (Wildman–Crippen LogP) is 4.25. The first-order valence-electron chi connectivity index (χ1n) is 14.0. The van der Waals surface area contributed by atoms with E-state index < -0.39 is 11.6 Å². The molecule has 2 aliphatic carbocycles. The number of aromatic hydroxyl groups is 1. The molecule has 1 N–H and O–H groups in total. The first-order valence-corrected chi connectivity index (χ1v) is 14.0. The maximum atomic E-state index is 13.7. The second kappa shape index (κ2) is 9.25. The lowest BCUT2D eigenvalue weighted by atomic mass is 9.51. The van der Waals surface area contributed by atoms with E-state index in [1.807, 2.05) is 56.2 Å². The zero-order valence-electron chi connectivity index (χ0n) is 23.1. The SMILES string of the molecule is CON([C@@H]1CC[C@H]2[C@H]3Cc4ccc(O)c5c4[C@@]2(CCN3C)[C@H]1O5)[C@@H](Cc1ccccc1)C(=O)OC(C)(C)C. The molecule has 2 fully saturated rings. The summed E-state index contributed by atoms with van der Waals surface area (Å²) < 4.78 is 12.7. The zero-order chi connectivity index (χ0) is 26.8. The maximum Gasteiger partial charge on any atom is 0.326 e. The molecule has 6 rings (SSSR count). The average Bonchev–Trinajstić information content (AvgIpc) is 3.23. The Hall–Kier alpha value is -2.61. The molecule has 1 saturated heterocycles. The highest BCUT2D eigenvalue weighted by molar-refractivity contribution is 5.76. The van der Waals surface area contributed by atoms with Crippen molar-refractivity contribution in [3.05, 3.63) is 59.2 Å². The number of benzene rings is 2. The Kier molecular flexibility index (Phi) is 6.24. The molecule has 0 aromatic heterocycles. The van der Waals surface area contributed by atoms with Crippen molar-refractivity contribution < 1.29 is 24.2 Å². The lowest BCUT2D eigenvalue weighted by Crippen LogP contribution is -2.69. The van der Waals surface area contributed by atoms with Gasteiger partial charge in [-0.25, -0.2) is 0 Å². The van der Waals surface area contributed by atoms with Crippen LogP contribution in [0.3, 0.4) is 0 Å². The van der Waals surface area contributed by atoms with Gasteiger partial charge >= 0.3 is 5.97 Å². The van der Waals surface area contributed by atoms with Crippen molar-refractivity contribution in [1.29, 1.82) is 0 Å². The van der Waals surface area contributed by atoms with Crippen molar-refractivity contribution >= 4 is 5.97 Å². The third kappa shape index (κ3) is 3.93. The standard InChI is InChI=1S/C31H40N2O5/c1-30(2,3)38-29(35)24(17-19-9-7-6-8-10-19)33(36-5)22-13-12-21-23-18-20-11-14-25(34)27-26(20)31(21,28(22)37-27)15-16-32(23)4/h6-11,14,21-24,28,34H,12-13,15-18H2,1-5H3/t21-,22+,23+,24-,28-,31-/m0/s1. The molecule has 7 nitrogen and oxygen atoms in total.